The van der Waals surface area contributed by atoms with Crippen molar-refractivity contribution in [3.8, 4) is 0 Å². The van der Waals surface area contributed by atoms with Crippen LogP contribution < -0.4 is 15.4 Å². The fourth-order valence-electron chi connectivity index (χ4n) is 2.57. The van der Waals surface area contributed by atoms with E-state index in [2.05, 4.69) is 10.5 Å². The Labute approximate surface area is 156 Å². The molecule has 0 aliphatic carbocycles. The summed E-state index contributed by atoms with van der Waals surface area (Å²) in [6, 6.07) is 25.4. The van der Waals surface area contributed by atoms with Crippen molar-refractivity contribution in [2.24, 2.45) is 5.10 Å². The van der Waals surface area contributed by atoms with Gasteiger partial charge < -0.3 is 0 Å². The predicted octanol–water partition coefficient (Wildman–Crippen LogP) is 4.67. The average molecular weight is 362 g/mol. The van der Waals surface area contributed by atoms with Crippen molar-refractivity contribution >= 4 is 34.8 Å². The number of amides is 2. The molecule has 6 heteroatoms. The molecule has 3 aromatic carbocycles. The first-order chi connectivity index (χ1) is 12.7. The summed E-state index contributed by atoms with van der Waals surface area (Å²) in [5.74, 6) is 0.425. The summed E-state index contributed by atoms with van der Waals surface area (Å²) in [6.07, 6.45) is 0. The molecule has 26 heavy (non-hydrogen) atoms. The van der Waals surface area contributed by atoms with E-state index in [4.69, 9.17) is 11.6 Å². The van der Waals surface area contributed by atoms with Crippen LogP contribution in [0, 0.1) is 0 Å². The number of amidine groups is 1. The maximum absolute atomic E-state index is 13.0. The largest absolute Gasteiger partial charge is 0.370 e. The minimum atomic E-state index is -0.347. The van der Waals surface area contributed by atoms with Gasteiger partial charge in [-0.25, -0.2) is 4.79 Å². The summed E-state index contributed by atoms with van der Waals surface area (Å²) in [7, 11) is 0. The van der Waals surface area contributed by atoms with Crippen LogP contribution >= 0.6 is 11.6 Å². The minimum absolute atomic E-state index is 0.347. The van der Waals surface area contributed by atoms with Gasteiger partial charge in [-0.2, -0.15) is 10.0 Å². The van der Waals surface area contributed by atoms with Crippen molar-refractivity contribution < 1.29 is 4.79 Å². The number of rotatable bonds is 3. The standard InChI is InChI=1S/C20H14ClN4O/c21-16-13-11-15(12-14-16)19-22-24(17-7-3-1-4-8-17)20(26)25(23-19)18-9-5-2-6-10-18/h1-14H. The van der Waals surface area contributed by atoms with Crippen molar-refractivity contribution in [2.45, 2.75) is 0 Å². The molecule has 0 saturated heterocycles. The van der Waals surface area contributed by atoms with Gasteiger partial charge in [0, 0.05) is 10.6 Å². The van der Waals surface area contributed by atoms with Crippen molar-refractivity contribution in [3.63, 3.8) is 0 Å². The zero-order chi connectivity index (χ0) is 17.9. The number of urea groups is 1. The second-order valence-electron chi connectivity index (χ2n) is 5.61. The molecule has 0 saturated carbocycles. The van der Waals surface area contributed by atoms with Gasteiger partial charge in [0.25, 0.3) is 0 Å². The predicted molar refractivity (Wildman–Crippen MR) is 103 cm³/mol. The van der Waals surface area contributed by atoms with E-state index < -0.39 is 0 Å². The molecule has 5 nitrogen and oxygen atoms in total. The first-order valence-corrected chi connectivity index (χ1v) is 8.41. The fourth-order valence-corrected chi connectivity index (χ4v) is 2.70. The van der Waals surface area contributed by atoms with E-state index in [1.165, 1.54) is 10.0 Å². The van der Waals surface area contributed by atoms with Gasteiger partial charge in [-0.15, -0.1) is 10.5 Å². The number of hydrogen-bond donors (Lipinski definition) is 0. The van der Waals surface area contributed by atoms with Crippen LogP contribution in [0.15, 0.2) is 90.0 Å². The van der Waals surface area contributed by atoms with Gasteiger partial charge in [0.1, 0.15) is 0 Å². The summed E-state index contributed by atoms with van der Waals surface area (Å²) in [5.41, 5.74) is 6.56. The highest BCUT2D eigenvalue weighted by Gasteiger charge is 2.32. The Hall–Kier alpha value is -3.31. The Balaban J connectivity index is 1.79. The van der Waals surface area contributed by atoms with Gasteiger partial charge in [0.2, 0.25) is 0 Å². The van der Waals surface area contributed by atoms with E-state index in [9.17, 15) is 4.79 Å². The molecule has 0 aromatic heterocycles. The number of carbonyl (C=O) groups is 1. The minimum Gasteiger partial charge on any atom is -0.244 e. The molecule has 3 aromatic rings. The molecule has 0 bridgehead atoms. The number of nitrogens with zero attached hydrogens (tertiary/aromatic N) is 4. The molecule has 1 radical (unpaired) electrons. The molecule has 2 amide bonds. The maximum Gasteiger partial charge on any atom is 0.370 e. The molecular formula is C20H14ClN4O. The lowest BCUT2D eigenvalue weighted by atomic mass is 10.2. The van der Waals surface area contributed by atoms with Gasteiger partial charge in [0.15, 0.2) is 5.84 Å². The van der Waals surface area contributed by atoms with Crippen molar-refractivity contribution in [2.75, 3.05) is 10.0 Å². The van der Waals surface area contributed by atoms with E-state index in [0.717, 1.165) is 5.56 Å². The number of benzene rings is 3. The Morgan fingerprint density at radius 3 is 1.81 bits per heavy atom. The molecule has 4 rings (SSSR count). The van der Waals surface area contributed by atoms with Gasteiger partial charge >= 0.3 is 6.03 Å². The van der Waals surface area contributed by atoms with Crippen molar-refractivity contribution in [1.82, 2.24) is 5.43 Å². The van der Waals surface area contributed by atoms with Crippen LogP contribution in [0.25, 0.3) is 0 Å². The van der Waals surface area contributed by atoms with Gasteiger partial charge in [-0.3, -0.25) is 0 Å². The highest BCUT2D eigenvalue weighted by atomic mass is 35.5. The fraction of sp³-hybridized carbons (Fsp3) is 0. The quantitative estimate of drug-likeness (QED) is 0.668. The molecular weight excluding hydrogens is 348 g/mol. The Bertz CT molecular complexity index is 943. The zero-order valence-electron chi connectivity index (χ0n) is 13.7. The second kappa shape index (κ2) is 6.90. The van der Waals surface area contributed by atoms with Crippen LogP contribution in [0.2, 0.25) is 5.02 Å². The maximum atomic E-state index is 13.0. The lowest BCUT2D eigenvalue weighted by Gasteiger charge is -2.31. The lowest BCUT2D eigenvalue weighted by Crippen LogP contribution is -2.52. The molecule has 0 fully saturated rings. The van der Waals surface area contributed by atoms with Gasteiger partial charge in [0.05, 0.1) is 11.4 Å². The van der Waals surface area contributed by atoms with Crippen LogP contribution in [-0.4, -0.2) is 11.9 Å². The number of anilines is 2. The third-order valence-electron chi connectivity index (χ3n) is 3.86. The van der Waals surface area contributed by atoms with Crippen molar-refractivity contribution in [1.29, 1.82) is 0 Å². The number of hydrogen-bond acceptors (Lipinski definition) is 2. The number of carbonyl (C=O) groups excluding carboxylic acids is 1. The Morgan fingerprint density at radius 2 is 1.23 bits per heavy atom. The number of para-hydroxylation sites is 2. The van der Waals surface area contributed by atoms with E-state index >= 15 is 0 Å². The van der Waals surface area contributed by atoms with Gasteiger partial charge in [-0.1, -0.05) is 48.0 Å². The van der Waals surface area contributed by atoms with E-state index in [1.807, 2.05) is 72.8 Å². The van der Waals surface area contributed by atoms with Crippen LogP contribution in [0.4, 0.5) is 16.2 Å². The highest BCUT2D eigenvalue weighted by Crippen LogP contribution is 2.24. The summed E-state index contributed by atoms with van der Waals surface area (Å²) < 4.78 is 0. The zero-order valence-corrected chi connectivity index (χ0v) is 14.4. The molecule has 0 unspecified atom stereocenters. The summed E-state index contributed by atoms with van der Waals surface area (Å²) >= 11 is 5.98. The smallest absolute Gasteiger partial charge is 0.244 e. The third-order valence-corrected chi connectivity index (χ3v) is 4.11. The van der Waals surface area contributed by atoms with E-state index in [0.29, 0.717) is 22.2 Å². The first kappa shape index (κ1) is 16.2. The Kier molecular flexibility index (Phi) is 4.29. The summed E-state index contributed by atoms with van der Waals surface area (Å²) in [6.45, 7) is 0. The Morgan fingerprint density at radius 1 is 0.692 bits per heavy atom. The molecule has 0 N–H and O–H groups in total. The lowest BCUT2D eigenvalue weighted by molar-refractivity contribution is 0.249. The highest BCUT2D eigenvalue weighted by molar-refractivity contribution is 6.30. The monoisotopic (exact) mass is 361 g/mol. The molecule has 1 heterocycles. The van der Waals surface area contributed by atoms with Gasteiger partial charge in [-0.05, 0) is 48.5 Å². The average Bonchev–Trinajstić information content (AvgIpc) is 2.70. The van der Waals surface area contributed by atoms with E-state index in [1.54, 1.807) is 12.1 Å². The van der Waals surface area contributed by atoms with Crippen LogP contribution in [0.3, 0.4) is 0 Å². The SMILES string of the molecule is O=C1N(c2ccccc2)[N]C(c2ccc(Cl)cc2)=NN1c1ccccc1. The third kappa shape index (κ3) is 3.12. The number of hydrazone groups is 1. The normalized spacial score (nSPS) is 14.0. The molecule has 1 aliphatic heterocycles. The van der Waals surface area contributed by atoms with Crippen LogP contribution in [-0.2, 0) is 0 Å². The van der Waals surface area contributed by atoms with Crippen LogP contribution in [0.5, 0.6) is 0 Å². The molecule has 127 valence electrons. The molecule has 1 aliphatic rings. The van der Waals surface area contributed by atoms with Crippen LogP contribution in [0.1, 0.15) is 5.56 Å². The summed E-state index contributed by atoms with van der Waals surface area (Å²) in [4.78, 5) is 13.0. The van der Waals surface area contributed by atoms with Crippen molar-refractivity contribution in [3.05, 3.63) is 95.5 Å². The topological polar surface area (TPSA) is 50.0 Å². The summed E-state index contributed by atoms with van der Waals surface area (Å²) in [5, 5.41) is 7.79. The number of halogens is 1. The second-order valence-corrected chi connectivity index (χ2v) is 6.04. The molecule has 0 atom stereocenters. The van der Waals surface area contributed by atoms with E-state index in [-0.39, 0.29) is 6.03 Å². The first-order valence-electron chi connectivity index (χ1n) is 8.03. The molecule has 0 spiro atoms.